The van der Waals surface area contributed by atoms with Crippen molar-refractivity contribution in [3.63, 3.8) is 0 Å². The third kappa shape index (κ3) is 4.00. The highest BCUT2D eigenvalue weighted by molar-refractivity contribution is 6.32. The number of benzene rings is 1. The van der Waals surface area contributed by atoms with Crippen LogP contribution in [0, 0.1) is 0 Å². The first-order valence-electron chi connectivity index (χ1n) is 5.25. The maximum atomic E-state index is 9.38. The van der Waals surface area contributed by atoms with Crippen molar-refractivity contribution in [2.45, 2.75) is 13.0 Å². The van der Waals surface area contributed by atoms with Gasteiger partial charge in [-0.1, -0.05) is 17.7 Å². The average Bonchev–Trinajstić information content (AvgIpc) is 2.19. The van der Waals surface area contributed by atoms with E-state index in [9.17, 15) is 5.11 Å². The molecule has 0 radical (unpaired) electrons. The van der Waals surface area contributed by atoms with E-state index >= 15 is 0 Å². The first kappa shape index (κ1) is 13.3. The Kier molecular flexibility index (Phi) is 5.06. The summed E-state index contributed by atoms with van der Waals surface area (Å²) in [7, 11) is 3.98. The molecule has 1 aromatic rings. The summed E-state index contributed by atoms with van der Waals surface area (Å²) in [5.74, 6) is 0.660. The summed E-state index contributed by atoms with van der Waals surface area (Å²) in [5, 5.41) is 9.92. The van der Waals surface area contributed by atoms with Crippen LogP contribution in [0.15, 0.2) is 18.2 Å². The summed E-state index contributed by atoms with van der Waals surface area (Å²) in [6, 6.07) is 5.35. The van der Waals surface area contributed by atoms with Crippen LogP contribution in [-0.2, 0) is 0 Å². The molecular formula is C12H18ClNO2. The van der Waals surface area contributed by atoms with Crippen molar-refractivity contribution in [2.24, 2.45) is 0 Å². The zero-order valence-corrected chi connectivity index (χ0v) is 10.7. The molecule has 0 amide bonds. The van der Waals surface area contributed by atoms with Gasteiger partial charge in [-0.2, -0.15) is 0 Å². The molecule has 0 aromatic heterocycles. The van der Waals surface area contributed by atoms with Gasteiger partial charge in [-0.15, -0.1) is 0 Å². The van der Waals surface area contributed by atoms with Crippen molar-refractivity contribution in [3.05, 3.63) is 28.8 Å². The number of halogens is 1. The van der Waals surface area contributed by atoms with Gasteiger partial charge < -0.3 is 14.7 Å². The van der Waals surface area contributed by atoms with E-state index in [1.807, 2.05) is 25.1 Å². The molecule has 1 aromatic carbocycles. The van der Waals surface area contributed by atoms with E-state index in [1.165, 1.54) is 0 Å². The molecule has 0 aliphatic carbocycles. The van der Waals surface area contributed by atoms with Crippen LogP contribution in [0.5, 0.6) is 5.75 Å². The third-order valence-corrected chi connectivity index (χ3v) is 2.53. The monoisotopic (exact) mass is 243 g/mol. The Hall–Kier alpha value is -0.770. The van der Waals surface area contributed by atoms with E-state index < -0.39 is 6.10 Å². The van der Waals surface area contributed by atoms with Crippen LogP contribution in [0.3, 0.4) is 0 Å². The van der Waals surface area contributed by atoms with Crippen molar-refractivity contribution in [2.75, 3.05) is 27.2 Å². The van der Waals surface area contributed by atoms with E-state index in [0.717, 1.165) is 12.1 Å². The molecule has 0 bridgehead atoms. The molecule has 0 heterocycles. The second-order valence-electron chi connectivity index (χ2n) is 4.02. The number of aliphatic hydroxyl groups excluding tert-OH is 1. The maximum absolute atomic E-state index is 9.38. The Morgan fingerprint density at radius 1 is 1.44 bits per heavy atom. The van der Waals surface area contributed by atoms with Gasteiger partial charge in [0, 0.05) is 6.54 Å². The zero-order chi connectivity index (χ0) is 12.1. The highest BCUT2D eigenvalue weighted by atomic mass is 35.5. The SMILES string of the molecule is CC(O)c1ccc(OCCN(C)C)c(Cl)c1. The molecule has 3 nitrogen and oxygen atoms in total. The number of rotatable bonds is 5. The van der Waals surface area contributed by atoms with Crippen LogP contribution in [0.4, 0.5) is 0 Å². The molecule has 0 saturated carbocycles. The van der Waals surface area contributed by atoms with E-state index in [2.05, 4.69) is 0 Å². The Balaban J connectivity index is 2.61. The largest absolute Gasteiger partial charge is 0.491 e. The van der Waals surface area contributed by atoms with Gasteiger partial charge in [-0.3, -0.25) is 0 Å². The van der Waals surface area contributed by atoms with Crippen molar-refractivity contribution in [1.82, 2.24) is 4.90 Å². The predicted molar refractivity (Wildman–Crippen MR) is 66.1 cm³/mol. The quantitative estimate of drug-likeness (QED) is 0.862. The van der Waals surface area contributed by atoms with Gasteiger partial charge in [-0.25, -0.2) is 0 Å². The second-order valence-corrected chi connectivity index (χ2v) is 4.42. The molecule has 90 valence electrons. The third-order valence-electron chi connectivity index (χ3n) is 2.23. The van der Waals surface area contributed by atoms with Crippen LogP contribution in [-0.4, -0.2) is 37.3 Å². The lowest BCUT2D eigenvalue weighted by molar-refractivity contribution is 0.199. The van der Waals surface area contributed by atoms with E-state index in [-0.39, 0.29) is 0 Å². The van der Waals surface area contributed by atoms with Gasteiger partial charge in [0.1, 0.15) is 12.4 Å². The Morgan fingerprint density at radius 2 is 2.12 bits per heavy atom. The fraction of sp³-hybridized carbons (Fsp3) is 0.500. The minimum Gasteiger partial charge on any atom is -0.491 e. The molecule has 1 N–H and O–H groups in total. The molecule has 0 aliphatic rings. The lowest BCUT2D eigenvalue weighted by atomic mass is 10.1. The van der Waals surface area contributed by atoms with Crippen LogP contribution < -0.4 is 4.74 Å². The number of ether oxygens (including phenoxy) is 1. The van der Waals surface area contributed by atoms with E-state index in [4.69, 9.17) is 16.3 Å². The smallest absolute Gasteiger partial charge is 0.137 e. The van der Waals surface area contributed by atoms with Gasteiger partial charge in [0.2, 0.25) is 0 Å². The maximum Gasteiger partial charge on any atom is 0.137 e. The van der Waals surface area contributed by atoms with Gasteiger partial charge in [-0.05, 0) is 38.7 Å². The summed E-state index contributed by atoms with van der Waals surface area (Å²) in [4.78, 5) is 2.04. The van der Waals surface area contributed by atoms with Crippen molar-refractivity contribution in [1.29, 1.82) is 0 Å². The fourth-order valence-corrected chi connectivity index (χ4v) is 1.48. The summed E-state index contributed by atoms with van der Waals surface area (Å²) in [6.45, 7) is 3.15. The van der Waals surface area contributed by atoms with E-state index in [0.29, 0.717) is 17.4 Å². The molecule has 0 fully saturated rings. The van der Waals surface area contributed by atoms with Gasteiger partial charge in [0.05, 0.1) is 11.1 Å². The molecule has 1 rings (SSSR count). The van der Waals surface area contributed by atoms with Crippen LogP contribution in [0.1, 0.15) is 18.6 Å². The number of hydrogen-bond donors (Lipinski definition) is 1. The van der Waals surface area contributed by atoms with Crippen LogP contribution >= 0.6 is 11.6 Å². The van der Waals surface area contributed by atoms with Gasteiger partial charge in [0.15, 0.2) is 0 Å². The minimum absolute atomic E-state index is 0.506. The molecule has 0 saturated heterocycles. The predicted octanol–water partition coefficient (Wildman–Crippen LogP) is 2.33. The Bertz CT molecular complexity index is 340. The first-order valence-corrected chi connectivity index (χ1v) is 5.63. The molecule has 16 heavy (non-hydrogen) atoms. The Labute approximate surface area is 102 Å². The number of aliphatic hydroxyl groups is 1. The summed E-state index contributed by atoms with van der Waals surface area (Å²) >= 11 is 6.04. The summed E-state index contributed by atoms with van der Waals surface area (Å²) < 4.78 is 5.53. The van der Waals surface area contributed by atoms with Crippen molar-refractivity contribution >= 4 is 11.6 Å². The standard InChI is InChI=1S/C12H18ClNO2/c1-9(15)10-4-5-12(11(13)8-10)16-7-6-14(2)3/h4-5,8-9,15H,6-7H2,1-3H3. The molecule has 0 spiro atoms. The van der Waals surface area contributed by atoms with Crippen molar-refractivity contribution in [3.8, 4) is 5.75 Å². The first-order chi connectivity index (χ1) is 7.50. The normalized spacial score (nSPS) is 12.9. The molecule has 1 unspecified atom stereocenters. The van der Waals surface area contributed by atoms with Gasteiger partial charge >= 0.3 is 0 Å². The van der Waals surface area contributed by atoms with E-state index in [1.54, 1.807) is 19.1 Å². The fourth-order valence-electron chi connectivity index (χ4n) is 1.23. The lowest BCUT2D eigenvalue weighted by Crippen LogP contribution is -2.19. The molecule has 1 atom stereocenters. The molecular weight excluding hydrogens is 226 g/mol. The van der Waals surface area contributed by atoms with Gasteiger partial charge in [0.25, 0.3) is 0 Å². The Morgan fingerprint density at radius 3 is 2.62 bits per heavy atom. The lowest BCUT2D eigenvalue weighted by Gasteiger charge is -2.13. The molecule has 0 aliphatic heterocycles. The molecule has 4 heteroatoms. The highest BCUT2D eigenvalue weighted by Gasteiger charge is 2.06. The summed E-state index contributed by atoms with van der Waals surface area (Å²) in [6.07, 6.45) is -0.506. The highest BCUT2D eigenvalue weighted by Crippen LogP contribution is 2.27. The second kappa shape index (κ2) is 6.09. The topological polar surface area (TPSA) is 32.7 Å². The van der Waals surface area contributed by atoms with Crippen molar-refractivity contribution < 1.29 is 9.84 Å². The zero-order valence-electron chi connectivity index (χ0n) is 9.90. The minimum atomic E-state index is -0.506. The number of likely N-dealkylation sites (N-methyl/N-ethyl adjacent to an activating group) is 1. The number of hydrogen-bond acceptors (Lipinski definition) is 3. The summed E-state index contributed by atoms with van der Waals surface area (Å²) in [5.41, 5.74) is 0.796. The average molecular weight is 244 g/mol. The van der Waals surface area contributed by atoms with Crippen LogP contribution in [0.2, 0.25) is 5.02 Å². The van der Waals surface area contributed by atoms with Crippen LogP contribution in [0.25, 0.3) is 0 Å². The number of nitrogens with zero attached hydrogens (tertiary/aromatic N) is 1.